The van der Waals surface area contributed by atoms with E-state index in [1.54, 1.807) is 0 Å². The summed E-state index contributed by atoms with van der Waals surface area (Å²) in [4.78, 5) is 28.0. The number of carboxylic acid groups (broad SMARTS) is 2. The van der Waals surface area contributed by atoms with Gasteiger partial charge in [-0.15, -0.1) is 0 Å². The van der Waals surface area contributed by atoms with Crippen LogP contribution in [-0.2, 0) is 22.4 Å². The highest BCUT2D eigenvalue weighted by atomic mass is 16.4. The van der Waals surface area contributed by atoms with Crippen LogP contribution < -0.4 is 11.5 Å². The fourth-order valence-electron chi connectivity index (χ4n) is 1.38. The molecule has 1 rings (SSSR count). The number of aromatic nitrogens is 2. The molecule has 1 aromatic rings. The van der Waals surface area contributed by atoms with Gasteiger partial charge in [-0.1, -0.05) is 0 Å². The fourth-order valence-corrected chi connectivity index (χ4v) is 1.38. The quantitative estimate of drug-likeness (QED) is 0.406. The molecule has 1 heterocycles. The highest BCUT2D eigenvalue weighted by molar-refractivity contribution is 5.73. The Hall–Kier alpha value is -1.93. The molecule has 0 radical (unpaired) electrons. The predicted molar refractivity (Wildman–Crippen MR) is 61.8 cm³/mol. The van der Waals surface area contributed by atoms with Gasteiger partial charge in [0.15, 0.2) is 0 Å². The smallest absolute Gasteiger partial charge is 0.320 e. The van der Waals surface area contributed by atoms with Crippen LogP contribution in [0.3, 0.4) is 0 Å². The van der Waals surface area contributed by atoms with E-state index >= 15 is 0 Å². The molecule has 18 heavy (non-hydrogen) atoms. The van der Waals surface area contributed by atoms with Gasteiger partial charge in [-0.3, -0.25) is 9.59 Å². The van der Waals surface area contributed by atoms with Gasteiger partial charge in [0.25, 0.3) is 0 Å². The summed E-state index contributed by atoms with van der Waals surface area (Å²) in [6.07, 6.45) is 2.28. The Morgan fingerprint density at radius 1 is 1.28 bits per heavy atom. The number of hydrogen-bond donors (Lipinski definition) is 5. The SMILES string of the molecule is NC(CCc1ncc(C[C@H](N)C(=O)O)[nH]1)C(=O)O. The normalized spacial score (nSPS) is 14.1. The molecule has 0 bridgehead atoms. The summed E-state index contributed by atoms with van der Waals surface area (Å²) >= 11 is 0. The number of aliphatic carboxylic acids is 2. The summed E-state index contributed by atoms with van der Waals surface area (Å²) in [5, 5.41) is 17.3. The number of nitrogens with zero attached hydrogens (tertiary/aromatic N) is 1. The second-order valence-corrected chi connectivity index (χ2v) is 3.99. The van der Waals surface area contributed by atoms with E-state index in [2.05, 4.69) is 9.97 Å². The third kappa shape index (κ3) is 4.15. The number of carboxylic acids is 2. The number of aromatic amines is 1. The number of carbonyl (C=O) groups is 2. The number of H-pyrrole nitrogens is 1. The molecule has 8 nitrogen and oxygen atoms in total. The molecule has 0 aromatic carbocycles. The Morgan fingerprint density at radius 2 is 1.89 bits per heavy atom. The summed E-state index contributed by atoms with van der Waals surface area (Å²) in [7, 11) is 0. The van der Waals surface area contributed by atoms with Crippen LogP contribution in [0.1, 0.15) is 17.9 Å². The van der Waals surface area contributed by atoms with Gasteiger partial charge in [-0.05, 0) is 6.42 Å². The zero-order valence-corrected chi connectivity index (χ0v) is 9.67. The second kappa shape index (κ2) is 6.12. The highest BCUT2D eigenvalue weighted by Gasteiger charge is 2.15. The van der Waals surface area contributed by atoms with Crippen molar-refractivity contribution in [2.24, 2.45) is 11.5 Å². The van der Waals surface area contributed by atoms with Crippen molar-refractivity contribution in [3.05, 3.63) is 17.7 Å². The van der Waals surface area contributed by atoms with Crippen LogP contribution in [0.4, 0.5) is 0 Å². The van der Waals surface area contributed by atoms with E-state index in [9.17, 15) is 9.59 Å². The zero-order valence-electron chi connectivity index (χ0n) is 9.67. The largest absolute Gasteiger partial charge is 0.480 e. The van der Waals surface area contributed by atoms with Gasteiger partial charge in [-0.25, -0.2) is 4.98 Å². The average Bonchev–Trinajstić information content (AvgIpc) is 2.73. The molecular formula is C10H16N4O4. The monoisotopic (exact) mass is 256 g/mol. The zero-order chi connectivity index (χ0) is 13.7. The minimum absolute atomic E-state index is 0.146. The van der Waals surface area contributed by atoms with Crippen LogP contribution in [0, 0.1) is 0 Å². The topological polar surface area (TPSA) is 155 Å². The van der Waals surface area contributed by atoms with E-state index in [1.165, 1.54) is 6.20 Å². The molecule has 1 unspecified atom stereocenters. The molecule has 100 valence electrons. The van der Waals surface area contributed by atoms with Crippen molar-refractivity contribution in [1.82, 2.24) is 9.97 Å². The maximum atomic E-state index is 10.6. The Bertz CT molecular complexity index is 431. The van der Waals surface area contributed by atoms with Crippen LogP contribution >= 0.6 is 0 Å². The highest BCUT2D eigenvalue weighted by Crippen LogP contribution is 2.04. The Kier molecular flexibility index (Phi) is 4.81. The Labute approximate surface area is 103 Å². The van der Waals surface area contributed by atoms with Gasteiger partial charge < -0.3 is 26.7 Å². The molecule has 8 heteroatoms. The van der Waals surface area contributed by atoms with Crippen LogP contribution in [0.2, 0.25) is 0 Å². The summed E-state index contributed by atoms with van der Waals surface area (Å²) < 4.78 is 0. The molecule has 7 N–H and O–H groups in total. The van der Waals surface area contributed by atoms with Crippen molar-refractivity contribution in [2.75, 3.05) is 0 Å². The van der Waals surface area contributed by atoms with Gasteiger partial charge >= 0.3 is 11.9 Å². The third-order valence-corrected chi connectivity index (χ3v) is 2.45. The first kappa shape index (κ1) is 14.1. The van der Waals surface area contributed by atoms with E-state index in [0.717, 1.165) is 0 Å². The first-order valence-electron chi connectivity index (χ1n) is 5.39. The standard InChI is InChI=1S/C10H16N4O4/c11-6(9(15)16)1-2-8-13-4-5(14-8)3-7(12)10(17)18/h4,6-7H,1-3,11-12H2,(H,13,14)(H,15,16)(H,17,18)/t6?,7-/m0/s1. The van der Waals surface area contributed by atoms with Gasteiger partial charge in [0.05, 0.1) is 0 Å². The summed E-state index contributed by atoms with van der Waals surface area (Å²) in [5.74, 6) is -1.58. The second-order valence-electron chi connectivity index (χ2n) is 3.99. The Balaban J connectivity index is 2.48. The van der Waals surface area contributed by atoms with E-state index in [-0.39, 0.29) is 12.8 Å². The number of rotatable bonds is 7. The number of nitrogens with one attached hydrogen (secondary N) is 1. The van der Waals surface area contributed by atoms with Crippen molar-refractivity contribution in [1.29, 1.82) is 0 Å². The molecule has 0 fully saturated rings. The lowest BCUT2D eigenvalue weighted by Gasteiger charge is -2.04. The molecule has 0 aliphatic heterocycles. The number of imidazole rings is 1. The van der Waals surface area contributed by atoms with Crippen LogP contribution in [0.15, 0.2) is 6.20 Å². The van der Waals surface area contributed by atoms with Crippen molar-refractivity contribution in [3.63, 3.8) is 0 Å². The van der Waals surface area contributed by atoms with Crippen LogP contribution in [0.5, 0.6) is 0 Å². The molecule has 0 saturated carbocycles. The summed E-state index contributed by atoms with van der Waals surface area (Å²) in [6.45, 7) is 0. The summed E-state index contributed by atoms with van der Waals surface area (Å²) in [6, 6.07) is -1.92. The van der Waals surface area contributed by atoms with E-state index in [4.69, 9.17) is 21.7 Å². The van der Waals surface area contributed by atoms with E-state index < -0.39 is 24.0 Å². The van der Waals surface area contributed by atoms with Crippen LogP contribution in [-0.4, -0.2) is 44.2 Å². The lowest BCUT2D eigenvalue weighted by Crippen LogP contribution is -2.32. The maximum absolute atomic E-state index is 10.6. The molecule has 1 aromatic heterocycles. The minimum Gasteiger partial charge on any atom is -0.480 e. The van der Waals surface area contributed by atoms with Gasteiger partial charge in [0.2, 0.25) is 0 Å². The van der Waals surface area contributed by atoms with Gasteiger partial charge in [0.1, 0.15) is 17.9 Å². The van der Waals surface area contributed by atoms with Crippen molar-refractivity contribution in [2.45, 2.75) is 31.3 Å². The average molecular weight is 256 g/mol. The van der Waals surface area contributed by atoms with Crippen molar-refractivity contribution < 1.29 is 19.8 Å². The molecule has 0 aliphatic rings. The van der Waals surface area contributed by atoms with Crippen molar-refractivity contribution >= 4 is 11.9 Å². The van der Waals surface area contributed by atoms with E-state index in [0.29, 0.717) is 17.9 Å². The molecule has 0 aliphatic carbocycles. The number of hydrogen-bond acceptors (Lipinski definition) is 5. The third-order valence-electron chi connectivity index (χ3n) is 2.45. The molecule has 0 spiro atoms. The molecular weight excluding hydrogens is 240 g/mol. The first-order valence-corrected chi connectivity index (χ1v) is 5.39. The molecule has 2 atom stereocenters. The van der Waals surface area contributed by atoms with Crippen molar-refractivity contribution in [3.8, 4) is 0 Å². The lowest BCUT2D eigenvalue weighted by molar-refractivity contribution is -0.139. The predicted octanol–water partition coefficient (Wildman–Crippen LogP) is -1.29. The number of aryl methyl sites for hydroxylation is 1. The first-order chi connectivity index (χ1) is 8.40. The number of nitrogens with two attached hydrogens (primary N) is 2. The van der Waals surface area contributed by atoms with Gasteiger partial charge in [-0.2, -0.15) is 0 Å². The van der Waals surface area contributed by atoms with Gasteiger partial charge in [0, 0.05) is 24.7 Å². The molecule has 0 amide bonds. The minimum atomic E-state index is -1.08. The molecule has 0 saturated heterocycles. The summed E-state index contributed by atoms with van der Waals surface area (Å²) in [5.41, 5.74) is 11.3. The fraction of sp³-hybridized carbons (Fsp3) is 0.500. The Morgan fingerprint density at radius 3 is 2.44 bits per heavy atom. The van der Waals surface area contributed by atoms with E-state index in [1.807, 2.05) is 0 Å². The maximum Gasteiger partial charge on any atom is 0.320 e. The van der Waals surface area contributed by atoms with Crippen LogP contribution in [0.25, 0.3) is 0 Å². The lowest BCUT2D eigenvalue weighted by atomic mass is 10.1.